The predicted octanol–water partition coefficient (Wildman–Crippen LogP) is 3.93. The van der Waals surface area contributed by atoms with Crippen LogP contribution in [-0.4, -0.2) is 30.6 Å². The largest absolute Gasteiger partial charge is 0.347 e. The van der Waals surface area contributed by atoms with Crippen molar-refractivity contribution in [2.45, 2.75) is 39.7 Å². The number of hydrogen-bond acceptors (Lipinski definition) is 6. The summed E-state index contributed by atoms with van der Waals surface area (Å²) in [7, 11) is 0. The molecule has 0 saturated carbocycles. The fourth-order valence-corrected chi connectivity index (χ4v) is 3.07. The predicted molar refractivity (Wildman–Crippen MR) is 116 cm³/mol. The molecule has 0 spiro atoms. The number of hydrogen-bond donors (Lipinski definition) is 1. The third-order valence-corrected chi connectivity index (χ3v) is 4.96. The summed E-state index contributed by atoms with van der Waals surface area (Å²) in [6.07, 6.45) is 5.56. The number of aryl methyl sites for hydroxylation is 1. The van der Waals surface area contributed by atoms with Crippen molar-refractivity contribution in [3.8, 4) is 17.3 Å². The van der Waals surface area contributed by atoms with E-state index in [2.05, 4.69) is 51.4 Å². The molecule has 3 heterocycles. The summed E-state index contributed by atoms with van der Waals surface area (Å²) in [4.78, 5) is 25.4. The minimum Gasteiger partial charge on any atom is -0.347 e. The Labute approximate surface area is 180 Å². The highest BCUT2D eigenvalue weighted by Gasteiger charge is 2.13. The molecule has 0 radical (unpaired) electrons. The minimum atomic E-state index is -0.243. The fourth-order valence-electron chi connectivity index (χ4n) is 3.07. The van der Waals surface area contributed by atoms with Crippen LogP contribution < -0.4 is 5.32 Å². The van der Waals surface area contributed by atoms with E-state index < -0.39 is 0 Å². The first-order valence-electron chi connectivity index (χ1n) is 10.2. The lowest BCUT2D eigenvalue weighted by Crippen LogP contribution is -2.23. The Balaban J connectivity index is 1.44. The maximum Gasteiger partial charge on any atom is 0.271 e. The van der Waals surface area contributed by atoms with Crippen molar-refractivity contribution in [1.82, 2.24) is 30.0 Å². The number of carbonyl (C=O) groups is 1. The summed E-state index contributed by atoms with van der Waals surface area (Å²) in [5.41, 5.74) is 3.38. The van der Waals surface area contributed by atoms with Crippen LogP contribution in [0.4, 0.5) is 0 Å². The van der Waals surface area contributed by atoms with Gasteiger partial charge in [0, 0.05) is 30.9 Å². The Hall–Kier alpha value is -3.81. The second kappa shape index (κ2) is 8.91. The maximum absolute atomic E-state index is 12.5. The molecule has 0 bridgehead atoms. The van der Waals surface area contributed by atoms with Gasteiger partial charge in [0.15, 0.2) is 5.82 Å². The number of imidazole rings is 1. The van der Waals surface area contributed by atoms with Crippen molar-refractivity contribution >= 4 is 5.91 Å². The van der Waals surface area contributed by atoms with E-state index >= 15 is 0 Å². The van der Waals surface area contributed by atoms with Gasteiger partial charge in [0.25, 0.3) is 11.8 Å². The summed E-state index contributed by atoms with van der Waals surface area (Å²) in [5, 5.41) is 6.83. The van der Waals surface area contributed by atoms with Gasteiger partial charge in [0.1, 0.15) is 17.8 Å². The average molecular weight is 416 g/mol. The number of benzene rings is 1. The van der Waals surface area contributed by atoms with E-state index in [1.165, 1.54) is 5.56 Å². The van der Waals surface area contributed by atoms with Gasteiger partial charge in [-0.25, -0.2) is 9.97 Å². The number of carbonyl (C=O) groups excluding carboxylic acids is 1. The molecular weight excluding hydrogens is 392 g/mol. The lowest BCUT2D eigenvalue weighted by atomic mass is 10.0. The van der Waals surface area contributed by atoms with Gasteiger partial charge in [0.05, 0.1) is 0 Å². The van der Waals surface area contributed by atoms with Gasteiger partial charge in [0.2, 0.25) is 0 Å². The fraction of sp³-hybridized carbons (Fsp3) is 0.261. The highest BCUT2D eigenvalue weighted by Crippen LogP contribution is 2.19. The molecule has 4 rings (SSSR count). The van der Waals surface area contributed by atoms with Crippen LogP contribution in [0.3, 0.4) is 0 Å². The van der Waals surface area contributed by atoms with Crippen LogP contribution in [0.5, 0.6) is 0 Å². The van der Waals surface area contributed by atoms with Crippen LogP contribution in [0.1, 0.15) is 54.1 Å². The highest BCUT2D eigenvalue weighted by atomic mass is 16.5. The first-order valence-corrected chi connectivity index (χ1v) is 10.2. The van der Waals surface area contributed by atoms with Gasteiger partial charge in [-0.1, -0.05) is 50.2 Å². The number of aromatic nitrogens is 5. The summed E-state index contributed by atoms with van der Waals surface area (Å²) in [6, 6.07) is 11.9. The molecule has 0 aliphatic carbocycles. The van der Waals surface area contributed by atoms with E-state index in [1.807, 2.05) is 25.1 Å². The molecule has 158 valence electrons. The molecule has 0 aliphatic rings. The third kappa shape index (κ3) is 4.69. The minimum absolute atomic E-state index is 0.243. The molecule has 8 heteroatoms. The molecule has 0 unspecified atom stereocenters. The van der Waals surface area contributed by atoms with Crippen molar-refractivity contribution < 1.29 is 9.32 Å². The lowest BCUT2D eigenvalue weighted by molar-refractivity contribution is 0.0946. The molecular formula is C23H24N6O2. The third-order valence-electron chi connectivity index (χ3n) is 4.96. The number of rotatable bonds is 7. The highest BCUT2D eigenvalue weighted by molar-refractivity contribution is 5.92. The van der Waals surface area contributed by atoms with Crippen molar-refractivity contribution in [3.05, 3.63) is 77.8 Å². The zero-order valence-electron chi connectivity index (χ0n) is 17.7. The van der Waals surface area contributed by atoms with Gasteiger partial charge in [-0.15, -0.1) is 0 Å². The molecule has 4 aromatic rings. The molecule has 3 aromatic heterocycles. The zero-order chi connectivity index (χ0) is 21.8. The van der Waals surface area contributed by atoms with Gasteiger partial charge in [-0.2, -0.15) is 4.98 Å². The Morgan fingerprint density at radius 1 is 1.16 bits per heavy atom. The van der Waals surface area contributed by atoms with E-state index in [0.717, 1.165) is 11.1 Å². The van der Waals surface area contributed by atoms with Crippen LogP contribution in [0.15, 0.2) is 59.6 Å². The van der Waals surface area contributed by atoms with Crippen molar-refractivity contribution in [1.29, 1.82) is 0 Å². The van der Waals surface area contributed by atoms with Crippen molar-refractivity contribution in [2.24, 2.45) is 0 Å². The lowest BCUT2D eigenvalue weighted by Gasteiger charge is -2.07. The average Bonchev–Trinajstić information content (AvgIpc) is 3.48. The normalized spacial score (nSPS) is 11.1. The van der Waals surface area contributed by atoms with Gasteiger partial charge < -0.3 is 9.84 Å². The molecule has 31 heavy (non-hydrogen) atoms. The van der Waals surface area contributed by atoms with Crippen LogP contribution in [-0.2, 0) is 13.0 Å². The number of amides is 1. The monoisotopic (exact) mass is 416 g/mol. The second-order valence-corrected chi connectivity index (χ2v) is 7.52. The quantitative estimate of drug-likeness (QED) is 0.490. The molecule has 0 aliphatic heterocycles. The summed E-state index contributed by atoms with van der Waals surface area (Å²) in [6.45, 7) is 6.71. The van der Waals surface area contributed by atoms with E-state index in [4.69, 9.17) is 4.52 Å². The van der Waals surface area contributed by atoms with Gasteiger partial charge >= 0.3 is 0 Å². The summed E-state index contributed by atoms with van der Waals surface area (Å²) < 4.78 is 6.98. The molecule has 1 aromatic carbocycles. The Kier molecular flexibility index (Phi) is 5.88. The van der Waals surface area contributed by atoms with Gasteiger partial charge in [-0.05, 0) is 29.2 Å². The Morgan fingerprint density at radius 2 is 1.97 bits per heavy atom. The zero-order valence-corrected chi connectivity index (χ0v) is 17.7. The van der Waals surface area contributed by atoms with Crippen LogP contribution in [0.2, 0.25) is 0 Å². The number of pyridine rings is 1. The topological polar surface area (TPSA) is 98.7 Å². The summed E-state index contributed by atoms with van der Waals surface area (Å²) >= 11 is 0. The molecule has 0 fully saturated rings. The van der Waals surface area contributed by atoms with E-state index in [-0.39, 0.29) is 5.91 Å². The van der Waals surface area contributed by atoms with Crippen LogP contribution >= 0.6 is 0 Å². The smallest absolute Gasteiger partial charge is 0.271 e. The standard InChI is InChI=1S/C23H24N6O2/c1-4-20-27-23(31-28-20)18-9-10-24-21(11-18)29-13-19(26-14-29)22(30)25-12-16-5-7-17(8-6-16)15(2)3/h5-11,13-15H,4,12H2,1-3H3,(H,25,30). The Morgan fingerprint density at radius 3 is 2.68 bits per heavy atom. The van der Waals surface area contributed by atoms with Crippen LogP contribution in [0.25, 0.3) is 17.3 Å². The van der Waals surface area contributed by atoms with Crippen molar-refractivity contribution in [3.63, 3.8) is 0 Å². The van der Waals surface area contributed by atoms with E-state index in [0.29, 0.717) is 42.1 Å². The Bertz CT molecular complexity index is 1180. The van der Waals surface area contributed by atoms with Gasteiger partial charge in [-0.3, -0.25) is 9.36 Å². The number of nitrogens with one attached hydrogen (secondary N) is 1. The summed E-state index contributed by atoms with van der Waals surface area (Å²) in [5.74, 6) is 1.92. The molecule has 0 saturated heterocycles. The molecule has 1 amide bonds. The first-order chi connectivity index (χ1) is 15.0. The van der Waals surface area contributed by atoms with Crippen LogP contribution in [0, 0.1) is 0 Å². The maximum atomic E-state index is 12.5. The molecule has 8 nitrogen and oxygen atoms in total. The number of nitrogens with zero attached hydrogens (tertiary/aromatic N) is 5. The van der Waals surface area contributed by atoms with Crippen molar-refractivity contribution in [2.75, 3.05) is 0 Å². The van der Waals surface area contributed by atoms with E-state index in [1.54, 1.807) is 29.4 Å². The van der Waals surface area contributed by atoms with E-state index in [9.17, 15) is 4.79 Å². The molecule has 0 atom stereocenters. The first kappa shape index (κ1) is 20.5. The molecule has 1 N–H and O–H groups in total. The second-order valence-electron chi connectivity index (χ2n) is 7.52. The SMILES string of the molecule is CCc1noc(-c2ccnc(-n3cnc(C(=O)NCc4ccc(C(C)C)cc4)c3)c2)n1.